The van der Waals surface area contributed by atoms with Crippen LogP contribution in [0, 0.1) is 23.0 Å². The molecule has 1 heterocycles. The highest BCUT2D eigenvalue weighted by molar-refractivity contribution is 6.07. The fraction of sp³-hybridized carbons (Fsp3) is 0.333. The third kappa shape index (κ3) is 3.99. The molecule has 1 fully saturated rings. The first kappa shape index (κ1) is 19.0. The summed E-state index contributed by atoms with van der Waals surface area (Å²) in [4.78, 5) is 14.2. The maximum absolute atomic E-state index is 13.4. The van der Waals surface area contributed by atoms with E-state index >= 15 is 0 Å². The Morgan fingerprint density at radius 2 is 1.67 bits per heavy atom. The number of nitrogens with zero attached hydrogens (tertiary/aromatic N) is 1. The molecule has 2 aromatic rings. The van der Waals surface area contributed by atoms with Crippen molar-refractivity contribution in [1.29, 1.82) is 5.41 Å². The molecule has 1 atom stereocenters. The van der Waals surface area contributed by atoms with Crippen molar-refractivity contribution in [2.45, 2.75) is 39.3 Å². The van der Waals surface area contributed by atoms with E-state index in [9.17, 15) is 13.6 Å². The molecule has 0 radical (unpaired) electrons. The van der Waals surface area contributed by atoms with Gasteiger partial charge >= 0.3 is 0 Å². The highest BCUT2D eigenvalue weighted by Gasteiger charge is 2.45. The van der Waals surface area contributed by atoms with Gasteiger partial charge in [0.15, 0.2) is 5.96 Å². The van der Waals surface area contributed by atoms with Crippen molar-refractivity contribution >= 4 is 11.9 Å². The summed E-state index contributed by atoms with van der Waals surface area (Å²) in [5.41, 5.74) is 1.21. The lowest BCUT2D eigenvalue weighted by Crippen LogP contribution is -2.44. The molecule has 1 aliphatic rings. The number of rotatable bonds is 5. The number of hydrogen-bond donors (Lipinski definition) is 2. The van der Waals surface area contributed by atoms with Crippen LogP contribution in [0.4, 0.5) is 8.78 Å². The molecule has 142 valence electrons. The van der Waals surface area contributed by atoms with E-state index < -0.39 is 17.2 Å². The zero-order valence-electron chi connectivity index (χ0n) is 15.6. The van der Waals surface area contributed by atoms with Gasteiger partial charge in [0.25, 0.3) is 5.91 Å². The molecule has 0 spiro atoms. The predicted molar refractivity (Wildman–Crippen MR) is 101 cm³/mol. The Morgan fingerprint density at radius 3 is 2.22 bits per heavy atom. The zero-order chi connectivity index (χ0) is 19.8. The molecule has 27 heavy (non-hydrogen) atoms. The third-order valence-corrected chi connectivity index (χ3v) is 4.69. The fourth-order valence-corrected chi connectivity index (χ4v) is 3.59. The van der Waals surface area contributed by atoms with E-state index in [2.05, 4.69) is 5.32 Å². The van der Waals surface area contributed by atoms with Gasteiger partial charge < -0.3 is 5.32 Å². The molecule has 4 nitrogen and oxygen atoms in total. The van der Waals surface area contributed by atoms with Crippen LogP contribution in [0.25, 0.3) is 11.1 Å². The number of carbonyl (C=O) groups is 1. The number of halogens is 2. The van der Waals surface area contributed by atoms with Crippen LogP contribution in [-0.2, 0) is 11.3 Å². The number of amides is 1. The van der Waals surface area contributed by atoms with Gasteiger partial charge in [-0.05, 0) is 48.1 Å². The van der Waals surface area contributed by atoms with Crippen LogP contribution in [-0.4, -0.2) is 22.3 Å². The molecular weight excluding hydrogens is 348 g/mol. The number of guanidine groups is 1. The average molecular weight is 371 g/mol. The molecule has 2 N–H and O–H groups in total. The van der Waals surface area contributed by atoms with Crippen molar-refractivity contribution in [3.05, 3.63) is 59.7 Å². The summed E-state index contributed by atoms with van der Waals surface area (Å²) in [6, 6.07) is 10.5. The second-order valence-corrected chi connectivity index (χ2v) is 7.65. The van der Waals surface area contributed by atoms with Gasteiger partial charge in [-0.15, -0.1) is 0 Å². The number of carbonyl (C=O) groups excluding carboxylic acids is 1. The van der Waals surface area contributed by atoms with Crippen LogP contribution in [0.3, 0.4) is 0 Å². The monoisotopic (exact) mass is 371 g/mol. The minimum atomic E-state index is -0.760. The number of hydrogen-bond acceptors (Lipinski definition) is 2. The lowest BCUT2D eigenvalue weighted by atomic mass is 9.91. The first-order chi connectivity index (χ1) is 12.7. The Kier molecular flexibility index (Phi) is 5.00. The normalized spacial score (nSPS) is 19.7. The quantitative estimate of drug-likeness (QED) is 0.823. The van der Waals surface area contributed by atoms with E-state index in [0.717, 1.165) is 11.6 Å². The maximum Gasteiger partial charge on any atom is 0.255 e. The summed E-state index contributed by atoms with van der Waals surface area (Å²) >= 11 is 0. The van der Waals surface area contributed by atoms with Gasteiger partial charge in [0.1, 0.15) is 17.2 Å². The van der Waals surface area contributed by atoms with Crippen molar-refractivity contribution in [2.24, 2.45) is 5.92 Å². The Balaban J connectivity index is 1.77. The SMILES string of the molecule is CC(C)CC1(C)NC(=N)N(Cc2ccc(-c3cc(F)cc(F)c3)cc2)C1=O. The summed E-state index contributed by atoms with van der Waals surface area (Å²) in [6.07, 6.45) is 0.648. The topological polar surface area (TPSA) is 56.2 Å². The fourth-order valence-electron chi connectivity index (χ4n) is 3.59. The third-order valence-electron chi connectivity index (χ3n) is 4.69. The Labute approximate surface area is 157 Å². The largest absolute Gasteiger partial charge is 0.342 e. The van der Waals surface area contributed by atoms with Crippen LogP contribution in [0.5, 0.6) is 0 Å². The van der Waals surface area contributed by atoms with Crippen molar-refractivity contribution in [2.75, 3.05) is 0 Å². The van der Waals surface area contributed by atoms with Crippen LogP contribution in [0.2, 0.25) is 0 Å². The molecule has 2 aromatic carbocycles. The van der Waals surface area contributed by atoms with Crippen molar-refractivity contribution in [3.8, 4) is 11.1 Å². The zero-order valence-corrected chi connectivity index (χ0v) is 15.6. The van der Waals surface area contributed by atoms with Gasteiger partial charge in [-0.3, -0.25) is 15.1 Å². The summed E-state index contributed by atoms with van der Waals surface area (Å²) in [5, 5.41) is 11.1. The molecule has 6 heteroatoms. The van der Waals surface area contributed by atoms with Crippen LogP contribution in [0.1, 0.15) is 32.8 Å². The lowest BCUT2D eigenvalue weighted by molar-refractivity contribution is -0.131. The highest BCUT2D eigenvalue weighted by atomic mass is 19.1. The molecule has 0 aromatic heterocycles. The minimum Gasteiger partial charge on any atom is -0.342 e. The second kappa shape index (κ2) is 7.10. The Hall–Kier alpha value is -2.76. The highest BCUT2D eigenvalue weighted by Crippen LogP contribution is 2.27. The van der Waals surface area contributed by atoms with E-state index in [1.54, 1.807) is 24.3 Å². The van der Waals surface area contributed by atoms with E-state index in [1.165, 1.54) is 17.0 Å². The maximum atomic E-state index is 13.4. The van der Waals surface area contributed by atoms with Crippen molar-refractivity contribution in [3.63, 3.8) is 0 Å². The molecule has 1 aliphatic heterocycles. The van der Waals surface area contributed by atoms with Gasteiger partial charge in [-0.25, -0.2) is 8.78 Å². The first-order valence-corrected chi connectivity index (χ1v) is 8.92. The molecular formula is C21H23F2N3O. The van der Waals surface area contributed by atoms with Gasteiger partial charge in [0.05, 0.1) is 6.54 Å². The summed E-state index contributed by atoms with van der Waals surface area (Å²) in [5.74, 6) is -0.941. The number of benzene rings is 2. The van der Waals surface area contributed by atoms with Crippen molar-refractivity contribution in [1.82, 2.24) is 10.2 Å². The van der Waals surface area contributed by atoms with E-state index in [0.29, 0.717) is 23.5 Å². The van der Waals surface area contributed by atoms with E-state index in [4.69, 9.17) is 5.41 Å². The Bertz CT molecular complexity index is 859. The van der Waals surface area contributed by atoms with Crippen LogP contribution in [0.15, 0.2) is 42.5 Å². The second-order valence-electron chi connectivity index (χ2n) is 7.65. The molecule has 0 saturated carbocycles. The van der Waals surface area contributed by atoms with Gasteiger partial charge in [-0.1, -0.05) is 38.1 Å². The van der Waals surface area contributed by atoms with Gasteiger partial charge in [-0.2, -0.15) is 0 Å². The van der Waals surface area contributed by atoms with Crippen LogP contribution < -0.4 is 5.32 Å². The summed E-state index contributed by atoms with van der Waals surface area (Å²) in [7, 11) is 0. The molecule has 0 bridgehead atoms. The minimum absolute atomic E-state index is 0.0967. The Morgan fingerprint density at radius 1 is 1.07 bits per heavy atom. The molecule has 1 saturated heterocycles. The molecule has 3 rings (SSSR count). The molecule has 1 unspecified atom stereocenters. The van der Waals surface area contributed by atoms with E-state index in [1.807, 2.05) is 20.8 Å². The van der Waals surface area contributed by atoms with Gasteiger partial charge in [0.2, 0.25) is 0 Å². The predicted octanol–water partition coefficient (Wildman–Crippen LogP) is 4.30. The molecule has 1 amide bonds. The van der Waals surface area contributed by atoms with E-state index in [-0.39, 0.29) is 18.4 Å². The summed E-state index contributed by atoms with van der Waals surface area (Å²) < 4.78 is 26.8. The van der Waals surface area contributed by atoms with Gasteiger partial charge in [0, 0.05) is 6.07 Å². The number of nitrogens with one attached hydrogen (secondary N) is 2. The van der Waals surface area contributed by atoms with Crippen LogP contribution >= 0.6 is 0 Å². The lowest BCUT2D eigenvalue weighted by Gasteiger charge is -2.24. The van der Waals surface area contributed by atoms with Crippen molar-refractivity contribution < 1.29 is 13.6 Å². The molecule has 0 aliphatic carbocycles. The smallest absolute Gasteiger partial charge is 0.255 e. The first-order valence-electron chi connectivity index (χ1n) is 8.92. The summed E-state index contributed by atoms with van der Waals surface area (Å²) in [6.45, 7) is 6.18. The standard InChI is InChI=1S/C21H23F2N3O/c1-13(2)11-21(3)19(27)26(20(24)25-21)12-14-4-6-15(7-5-14)16-8-17(22)10-18(23)9-16/h4-10,13H,11-12H2,1-3H3,(H2,24,25). The average Bonchev–Trinajstić information content (AvgIpc) is 2.77.